The van der Waals surface area contributed by atoms with Gasteiger partial charge in [0, 0.05) is 12.8 Å². The topological polar surface area (TPSA) is 128 Å². The predicted octanol–water partition coefficient (Wildman–Crippen LogP) is 1.07. The molecule has 0 saturated carbocycles. The first-order valence-corrected chi connectivity index (χ1v) is 8.68. The lowest BCUT2D eigenvalue weighted by Gasteiger charge is -2.24. The molecule has 0 bridgehead atoms. The highest BCUT2D eigenvalue weighted by Crippen LogP contribution is 2.09. The molecule has 1 aromatic rings. The molecule has 4 N–H and O–H groups in total. The van der Waals surface area contributed by atoms with E-state index in [2.05, 4.69) is 10.6 Å². The Bertz CT molecular complexity index is 655. The number of amides is 3. The maximum atomic E-state index is 12.6. The number of nitrogens with one attached hydrogen (secondary N) is 2. The monoisotopic (exact) mass is 377 g/mol. The van der Waals surface area contributed by atoms with Gasteiger partial charge in [-0.25, -0.2) is 4.79 Å². The molecule has 0 spiro atoms. The van der Waals surface area contributed by atoms with Crippen LogP contribution in [0.5, 0.6) is 0 Å². The summed E-state index contributed by atoms with van der Waals surface area (Å²) in [6.45, 7) is 5.14. The van der Waals surface area contributed by atoms with E-state index < -0.39 is 35.6 Å². The highest BCUT2D eigenvalue weighted by atomic mass is 16.6. The van der Waals surface area contributed by atoms with Gasteiger partial charge in [0.1, 0.15) is 17.9 Å². The smallest absolute Gasteiger partial charge is 0.408 e. The molecular formula is C19H27N3O5. The third kappa shape index (κ3) is 9.39. The number of benzene rings is 1. The van der Waals surface area contributed by atoms with Crippen LogP contribution >= 0.6 is 0 Å². The van der Waals surface area contributed by atoms with E-state index in [1.165, 1.54) is 0 Å². The van der Waals surface area contributed by atoms with Gasteiger partial charge in [0.15, 0.2) is 0 Å². The summed E-state index contributed by atoms with van der Waals surface area (Å²) in [5, 5.41) is 5.06. The quantitative estimate of drug-likeness (QED) is 0.555. The second-order valence-corrected chi connectivity index (χ2v) is 7.14. The molecule has 0 aromatic heterocycles. The fourth-order valence-corrected chi connectivity index (χ4v) is 2.26. The van der Waals surface area contributed by atoms with Crippen LogP contribution in [0.4, 0.5) is 4.79 Å². The first-order chi connectivity index (χ1) is 12.6. The number of carbonyl (C=O) groups excluding carboxylic acids is 4. The zero-order valence-corrected chi connectivity index (χ0v) is 15.9. The van der Waals surface area contributed by atoms with Crippen molar-refractivity contribution in [3.63, 3.8) is 0 Å². The summed E-state index contributed by atoms with van der Waals surface area (Å²) < 4.78 is 5.21. The molecule has 0 aliphatic carbocycles. The van der Waals surface area contributed by atoms with Gasteiger partial charge in [-0.15, -0.1) is 0 Å². The van der Waals surface area contributed by atoms with Crippen molar-refractivity contribution in [1.29, 1.82) is 0 Å². The second-order valence-electron chi connectivity index (χ2n) is 7.14. The van der Waals surface area contributed by atoms with Crippen molar-refractivity contribution in [3.05, 3.63) is 35.9 Å². The van der Waals surface area contributed by atoms with Crippen LogP contribution in [0.3, 0.4) is 0 Å². The number of hydrogen-bond donors (Lipinski definition) is 3. The fraction of sp³-hybridized carbons (Fsp3) is 0.474. The minimum Gasteiger partial charge on any atom is -0.444 e. The Morgan fingerprint density at radius 3 is 2.30 bits per heavy atom. The second kappa shape index (κ2) is 10.3. The van der Waals surface area contributed by atoms with Crippen molar-refractivity contribution in [1.82, 2.24) is 10.6 Å². The van der Waals surface area contributed by atoms with Gasteiger partial charge in [-0.1, -0.05) is 30.3 Å². The summed E-state index contributed by atoms with van der Waals surface area (Å²) in [7, 11) is 0. The van der Waals surface area contributed by atoms with Gasteiger partial charge in [-0.2, -0.15) is 0 Å². The van der Waals surface area contributed by atoms with Gasteiger partial charge in [0.05, 0.1) is 6.04 Å². The SMILES string of the molecule is CC(C)(C)OC(=O)N[C@@H](Cc1ccccc1)C(=O)N[C@H](C=O)CCC(N)=O. The molecule has 1 rings (SSSR count). The van der Waals surface area contributed by atoms with E-state index in [0.29, 0.717) is 6.29 Å². The van der Waals surface area contributed by atoms with E-state index in [9.17, 15) is 19.2 Å². The van der Waals surface area contributed by atoms with Crippen LogP contribution in [0.1, 0.15) is 39.2 Å². The number of aldehydes is 1. The van der Waals surface area contributed by atoms with Crippen LogP contribution in [0.25, 0.3) is 0 Å². The van der Waals surface area contributed by atoms with Gasteiger partial charge in [0.2, 0.25) is 11.8 Å². The third-order valence-corrected chi connectivity index (χ3v) is 3.48. The molecular weight excluding hydrogens is 350 g/mol. The lowest BCUT2D eigenvalue weighted by atomic mass is 10.0. The van der Waals surface area contributed by atoms with E-state index in [-0.39, 0.29) is 19.3 Å². The number of rotatable bonds is 9. The van der Waals surface area contributed by atoms with E-state index in [0.717, 1.165) is 5.56 Å². The Hall–Kier alpha value is -2.90. The molecule has 0 saturated heterocycles. The standard InChI is InChI=1S/C19H27N3O5/c1-19(2,3)27-18(26)22-15(11-13-7-5-4-6-8-13)17(25)21-14(12-23)9-10-16(20)24/h4-8,12,14-15H,9-11H2,1-3H3,(H2,20,24)(H,21,25)(H,22,26)/t14-,15-/m0/s1. The summed E-state index contributed by atoms with van der Waals surface area (Å²) in [5.74, 6) is -1.12. The first kappa shape index (κ1) is 22.1. The average molecular weight is 377 g/mol. The Morgan fingerprint density at radius 1 is 1.15 bits per heavy atom. The molecule has 0 unspecified atom stereocenters. The maximum Gasteiger partial charge on any atom is 0.408 e. The number of ether oxygens (including phenoxy) is 1. The van der Waals surface area contributed by atoms with E-state index in [1.807, 2.05) is 30.3 Å². The molecule has 8 heteroatoms. The van der Waals surface area contributed by atoms with Crippen LogP contribution < -0.4 is 16.4 Å². The lowest BCUT2D eigenvalue weighted by molar-refractivity contribution is -0.126. The maximum absolute atomic E-state index is 12.6. The van der Waals surface area contributed by atoms with Gasteiger partial charge in [0.25, 0.3) is 0 Å². The van der Waals surface area contributed by atoms with Crippen molar-refractivity contribution in [2.75, 3.05) is 0 Å². The fourth-order valence-electron chi connectivity index (χ4n) is 2.26. The van der Waals surface area contributed by atoms with Gasteiger partial charge >= 0.3 is 6.09 Å². The molecule has 0 radical (unpaired) electrons. The average Bonchev–Trinajstić information content (AvgIpc) is 2.56. The minimum absolute atomic E-state index is 0.0352. The van der Waals surface area contributed by atoms with Crippen LogP contribution in [0.2, 0.25) is 0 Å². The van der Waals surface area contributed by atoms with E-state index in [4.69, 9.17) is 10.5 Å². The number of hydrogen-bond acceptors (Lipinski definition) is 5. The van der Waals surface area contributed by atoms with E-state index in [1.54, 1.807) is 20.8 Å². The van der Waals surface area contributed by atoms with Crippen molar-refractivity contribution in [2.45, 2.75) is 57.7 Å². The van der Waals surface area contributed by atoms with Crippen molar-refractivity contribution < 1.29 is 23.9 Å². The molecule has 0 aliphatic heterocycles. The summed E-state index contributed by atoms with van der Waals surface area (Å²) in [5.41, 5.74) is 5.18. The van der Waals surface area contributed by atoms with Gasteiger partial charge in [-0.3, -0.25) is 9.59 Å². The molecule has 3 amide bonds. The van der Waals surface area contributed by atoms with Crippen molar-refractivity contribution in [2.24, 2.45) is 5.73 Å². The molecule has 0 heterocycles. The summed E-state index contributed by atoms with van der Waals surface area (Å²) in [6.07, 6.45) is 0.0707. The largest absolute Gasteiger partial charge is 0.444 e. The zero-order chi connectivity index (χ0) is 20.4. The Kier molecular flexibility index (Phi) is 8.44. The molecule has 0 aliphatic rings. The number of primary amides is 1. The Balaban J connectivity index is 2.84. The predicted molar refractivity (Wildman–Crippen MR) is 99.7 cm³/mol. The first-order valence-electron chi connectivity index (χ1n) is 8.68. The van der Waals surface area contributed by atoms with Gasteiger partial charge < -0.3 is 25.9 Å². The molecule has 148 valence electrons. The summed E-state index contributed by atoms with van der Waals surface area (Å²) in [4.78, 5) is 46.7. The van der Waals surface area contributed by atoms with Crippen LogP contribution in [-0.4, -0.2) is 41.9 Å². The van der Waals surface area contributed by atoms with Gasteiger partial charge in [-0.05, 0) is 32.8 Å². The van der Waals surface area contributed by atoms with Crippen molar-refractivity contribution in [3.8, 4) is 0 Å². The zero-order valence-electron chi connectivity index (χ0n) is 15.9. The van der Waals surface area contributed by atoms with Crippen LogP contribution in [0.15, 0.2) is 30.3 Å². The summed E-state index contributed by atoms with van der Waals surface area (Å²) in [6, 6.07) is 7.30. The highest BCUT2D eigenvalue weighted by molar-refractivity contribution is 5.88. The molecule has 2 atom stereocenters. The Morgan fingerprint density at radius 2 is 1.78 bits per heavy atom. The van der Waals surface area contributed by atoms with Crippen LogP contribution in [0, 0.1) is 0 Å². The number of carbonyl (C=O) groups is 4. The van der Waals surface area contributed by atoms with Crippen molar-refractivity contribution >= 4 is 24.2 Å². The molecule has 8 nitrogen and oxygen atoms in total. The number of nitrogens with two attached hydrogens (primary N) is 1. The van der Waals surface area contributed by atoms with E-state index >= 15 is 0 Å². The highest BCUT2D eigenvalue weighted by Gasteiger charge is 2.26. The number of alkyl carbamates (subject to hydrolysis) is 1. The molecule has 0 fully saturated rings. The Labute approximate surface area is 158 Å². The minimum atomic E-state index is -0.946. The lowest BCUT2D eigenvalue weighted by Crippen LogP contribution is -2.52. The summed E-state index contributed by atoms with van der Waals surface area (Å²) >= 11 is 0. The van der Waals surface area contributed by atoms with Crippen LogP contribution in [-0.2, 0) is 25.5 Å². The third-order valence-electron chi connectivity index (χ3n) is 3.48. The normalized spacial score (nSPS) is 13.1. The molecule has 1 aromatic carbocycles. The molecule has 27 heavy (non-hydrogen) atoms.